The number of nitrogens with two attached hydrogens (primary N) is 1. The van der Waals surface area contributed by atoms with E-state index >= 15 is 0 Å². The molecule has 0 aliphatic carbocycles. The van der Waals surface area contributed by atoms with Crippen LogP contribution >= 0.6 is 24.8 Å². The number of carbonyl (C=O) groups excluding carboxylic acids is 1. The Labute approximate surface area is 190 Å². The SMILES string of the molecule is COc1cc(CN2CCC(NC(=O)C(C)(N)c3ccccc3)C2)cc(OC)c1.Cl.Cl. The number of nitrogens with zero attached hydrogens (tertiary/aromatic N) is 1. The van der Waals surface area contributed by atoms with Crippen molar-refractivity contribution in [3.8, 4) is 11.5 Å². The number of hydrogen-bond donors (Lipinski definition) is 2. The van der Waals surface area contributed by atoms with E-state index in [1.807, 2.05) is 48.5 Å². The van der Waals surface area contributed by atoms with Crippen molar-refractivity contribution in [1.29, 1.82) is 0 Å². The van der Waals surface area contributed by atoms with E-state index in [4.69, 9.17) is 15.2 Å². The zero-order valence-electron chi connectivity index (χ0n) is 17.6. The third kappa shape index (κ3) is 6.25. The molecule has 2 aromatic rings. The smallest absolute Gasteiger partial charge is 0.244 e. The molecular weight excluding hydrogens is 425 g/mol. The van der Waals surface area contributed by atoms with Gasteiger partial charge in [-0.3, -0.25) is 9.69 Å². The van der Waals surface area contributed by atoms with Gasteiger partial charge in [0, 0.05) is 31.7 Å². The summed E-state index contributed by atoms with van der Waals surface area (Å²) < 4.78 is 10.7. The van der Waals surface area contributed by atoms with Gasteiger partial charge in [0.25, 0.3) is 0 Å². The number of halogens is 2. The van der Waals surface area contributed by atoms with Gasteiger partial charge in [0.15, 0.2) is 0 Å². The van der Waals surface area contributed by atoms with Gasteiger partial charge in [0.1, 0.15) is 17.0 Å². The van der Waals surface area contributed by atoms with Gasteiger partial charge in [0.05, 0.1) is 14.2 Å². The molecule has 2 aromatic carbocycles. The van der Waals surface area contributed by atoms with E-state index in [2.05, 4.69) is 10.2 Å². The largest absolute Gasteiger partial charge is 0.497 e. The zero-order valence-corrected chi connectivity index (χ0v) is 19.2. The third-order valence-electron chi connectivity index (χ3n) is 5.27. The topological polar surface area (TPSA) is 76.8 Å². The molecule has 1 amide bonds. The number of likely N-dealkylation sites (tertiary alicyclic amines) is 1. The second-order valence-corrected chi connectivity index (χ2v) is 7.48. The molecular formula is C22H31Cl2N3O3. The molecule has 0 saturated carbocycles. The van der Waals surface area contributed by atoms with Crippen LogP contribution in [0.3, 0.4) is 0 Å². The first-order valence-electron chi connectivity index (χ1n) is 9.52. The Hall–Kier alpha value is -1.99. The number of carbonyl (C=O) groups is 1. The van der Waals surface area contributed by atoms with Crippen LogP contribution in [-0.4, -0.2) is 44.2 Å². The van der Waals surface area contributed by atoms with Gasteiger partial charge >= 0.3 is 0 Å². The number of nitrogens with one attached hydrogen (secondary N) is 1. The molecule has 2 unspecified atom stereocenters. The molecule has 166 valence electrons. The summed E-state index contributed by atoms with van der Waals surface area (Å²) in [6.07, 6.45) is 0.901. The lowest BCUT2D eigenvalue weighted by Gasteiger charge is -2.26. The fourth-order valence-corrected chi connectivity index (χ4v) is 3.56. The molecule has 1 heterocycles. The summed E-state index contributed by atoms with van der Waals surface area (Å²) in [5, 5.41) is 3.12. The maximum absolute atomic E-state index is 12.8. The zero-order chi connectivity index (χ0) is 20.1. The van der Waals surface area contributed by atoms with Gasteiger partial charge in [-0.1, -0.05) is 30.3 Å². The van der Waals surface area contributed by atoms with E-state index in [0.717, 1.165) is 48.7 Å². The van der Waals surface area contributed by atoms with Crippen molar-refractivity contribution in [2.75, 3.05) is 27.3 Å². The number of rotatable bonds is 7. The van der Waals surface area contributed by atoms with Crippen molar-refractivity contribution in [2.45, 2.75) is 31.5 Å². The fourth-order valence-electron chi connectivity index (χ4n) is 3.56. The van der Waals surface area contributed by atoms with Crippen LogP contribution in [-0.2, 0) is 16.9 Å². The van der Waals surface area contributed by atoms with E-state index in [0.29, 0.717) is 0 Å². The van der Waals surface area contributed by atoms with Crippen LogP contribution in [0.25, 0.3) is 0 Å². The first-order chi connectivity index (χ1) is 13.4. The first-order valence-corrected chi connectivity index (χ1v) is 9.52. The predicted octanol–water partition coefficient (Wildman–Crippen LogP) is 3.11. The van der Waals surface area contributed by atoms with Crippen LogP contribution in [0, 0.1) is 0 Å². The average molecular weight is 456 g/mol. The van der Waals surface area contributed by atoms with Crippen molar-refractivity contribution < 1.29 is 14.3 Å². The summed E-state index contributed by atoms with van der Waals surface area (Å²) in [6.45, 7) is 4.23. The Balaban J connectivity index is 0.00000225. The molecule has 3 N–H and O–H groups in total. The lowest BCUT2D eigenvalue weighted by molar-refractivity contribution is -0.126. The van der Waals surface area contributed by atoms with E-state index in [-0.39, 0.29) is 36.8 Å². The Morgan fingerprint density at radius 3 is 2.30 bits per heavy atom. The molecule has 30 heavy (non-hydrogen) atoms. The van der Waals surface area contributed by atoms with Crippen LogP contribution in [0.4, 0.5) is 0 Å². The first kappa shape index (κ1) is 26.0. The van der Waals surface area contributed by atoms with Crippen LogP contribution in [0.5, 0.6) is 11.5 Å². The Kier molecular flexibility index (Phi) is 9.91. The summed E-state index contributed by atoms with van der Waals surface area (Å²) in [7, 11) is 3.30. The minimum Gasteiger partial charge on any atom is -0.497 e. The third-order valence-corrected chi connectivity index (χ3v) is 5.27. The minimum absolute atomic E-state index is 0. The number of amides is 1. The maximum Gasteiger partial charge on any atom is 0.244 e. The van der Waals surface area contributed by atoms with Gasteiger partial charge in [-0.05, 0) is 36.6 Å². The van der Waals surface area contributed by atoms with Gasteiger partial charge < -0.3 is 20.5 Å². The number of methoxy groups -OCH3 is 2. The number of benzene rings is 2. The minimum atomic E-state index is -1.05. The van der Waals surface area contributed by atoms with E-state index in [1.165, 1.54) is 0 Å². The summed E-state index contributed by atoms with van der Waals surface area (Å²) in [6, 6.07) is 15.5. The molecule has 8 heteroatoms. The molecule has 0 spiro atoms. The van der Waals surface area contributed by atoms with Crippen LogP contribution in [0.1, 0.15) is 24.5 Å². The monoisotopic (exact) mass is 455 g/mol. The quantitative estimate of drug-likeness (QED) is 0.670. The molecule has 0 radical (unpaired) electrons. The van der Waals surface area contributed by atoms with E-state index in [1.54, 1.807) is 21.1 Å². The van der Waals surface area contributed by atoms with Crippen molar-refractivity contribution in [1.82, 2.24) is 10.2 Å². The fraction of sp³-hybridized carbons (Fsp3) is 0.409. The Morgan fingerprint density at radius 1 is 1.13 bits per heavy atom. The van der Waals surface area contributed by atoms with Crippen LogP contribution in [0.15, 0.2) is 48.5 Å². The predicted molar refractivity (Wildman–Crippen MR) is 124 cm³/mol. The summed E-state index contributed by atoms with van der Waals surface area (Å²) in [5.74, 6) is 1.41. The molecule has 1 aliphatic rings. The highest BCUT2D eigenvalue weighted by molar-refractivity contribution is 5.87. The van der Waals surface area contributed by atoms with Crippen LogP contribution < -0.4 is 20.5 Å². The molecule has 0 aromatic heterocycles. The number of hydrogen-bond acceptors (Lipinski definition) is 5. The molecule has 1 aliphatic heterocycles. The van der Waals surface area contributed by atoms with Crippen molar-refractivity contribution in [3.05, 3.63) is 59.7 Å². The number of ether oxygens (including phenoxy) is 2. The highest BCUT2D eigenvalue weighted by Crippen LogP contribution is 2.25. The standard InChI is InChI=1S/C22H29N3O3.2ClH/c1-22(23,17-7-5-4-6-8-17)21(26)24-18-9-10-25(15-18)14-16-11-19(27-2)13-20(12-16)28-3;;/h4-8,11-13,18H,9-10,14-15,23H2,1-3H3,(H,24,26);2*1H. The van der Waals surface area contributed by atoms with Crippen molar-refractivity contribution in [2.24, 2.45) is 5.73 Å². The van der Waals surface area contributed by atoms with Gasteiger partial charge in [-0.2, -0.15) is 0 Å². The molecule has 0 bridgehead atoms. The summed E-state index contributed by atoms with van der Waals surface area (Å²) >= 11 is 0. The lowest BCUT2D eigenvalue weighted by Crippen LogP contribution is -2.52. The highest BCUT2D eigenvalue weighted by atomic mass is 35.5. The molecule has 3 rings (SSSR count). The molecule has 1 saturated heterocycles. The Morgan fingerprint density at radius 2 is 1.73 bits per heavy atom. The van der Waals surface area contributed by atoms with Crippen molar-refractivity contribution in [3.63, 3.8) is 0 Å². The van der Waals surface area contributed by atoms with Gasteiger partial charge in [0.2, 0.25) is 5.91 Å². The molecule has 2 atom stereocenters. The van der Waals surface area contributed by atoms with Crippen LogP contribution in [0.2, 0.25) is 0 Å². The lowest BCUT2D eigenvalue weighted by atomic mass is 9.92. The van der Waals surface area contributed by atoms with Gasteiger partial charge in [-0.15, -0.1) is 24.8 Å². The average Bonchev–Trinajstić information content (AvgIpc) is 3.14. The summed E-state index contributed by atoms with van der Waals surface area (Å²) in [4.78, 5) is 15.1. The normalized spacial score (nSPS) is 17.8. The second kappa shape index (κ2) is 11.4. The molecule has 6 nitrogen and oxygen atoms in total. The van der Waals surface area contributed by atoms with E-state index < -0.39 is 5.54 Å². The maximum atomic E-state index is 12.8. The Bertz CT molecular complexity index is 796. The van der Waals surface area contributed by atoms with Crippen molar-refractivity contribution >= 4 is 30.7 Å². The summed E-state index contributed by atoms with van der Waals surface area (Å²) in [5.41, 5.74) is 7.21. The van der Waals surface area contributed by atoms with Gasteiger partial charge in [-0.25, -0.2) is 0 Å². The van der Waals surface area contributed by atoms with E-state index in [9.17, 15) is 4.79 Å². The second-order valence-electron chi connectivity index (χ2n) is 7.48. The molecule has 1 fully saturated rings. The highest BCUT2D eigenvalue weighted by Gasteiger charge is 2.33.